The van der Waals surface area contributed by atoms with Crippen LogP contribution >= 0.6 is 0 Å². The van der Waals surface area contributed by atoms with Crippen molar-refractivity contribution in [1.82, 2.24) is 10.2 Å². The van der Waals surface area contributed by atoms with E-state index in [1.165, 1.54) is 18.2 Å². The van der Waals surface area contributed by atoms with E-state index in [9.17, 15) is 19.2 Å². The Kier molecular flexibility index (Phi) is 6.89. The summed E-state index contributed by atoms with van der Waals surface area (Å²) in [5, 5.41) is 20.1. The van der Waals surface area contributed by atoms with Crippen molar-refractivity contribution < 1.29 is 29.4 Å². The predicted octanol–water partition coefficient (Wildman–Crippen LogP) is 0.298. The number of hydrogen-bond acceptors (Lipinski definition) is 5. The van der Waals surface area contributed by atoms with E-state index in [2.05, 4.69) is 5.32 Å². The van der Waals surface area contributed by atoms with E-state index in [1.807, 2.05) is 0 Å². The number of benzene rings is 1. The van der Waals surface area contributed by atoms with Crippen molar-refractivity contribution in [3.05, 3.63) is 35.4 Å². The van der Waals surface area contributed by atoms with Gasteiger partial charge in [-0.2, -0.15) is 0 Å². The zero-order chi connectivity index (χ0) is 20.0. The number of amides is 2. The Labute approximate surface area is 156 Å². The van der Waals surface area contributed by atoms with Crippen molar-refractivity contribution in [2.24, 2.45) is 5.73 Å². The third-order valence-corrected chi connectivity index (χ3v) is 4.58. The highest BCUT2D eigenvalue weighted by Gasteiger charge is 2.36. The van der Waals surface area contributed by atoms with Crippen molar-refractivity contribution >= 4 is 23.8 Å². The monoisotopic (exact) mass is 377 g/mol. The fourth-order valence-electron chi connectivity index (χ4n) is 3.21. The Bertz CT molecular complexity index is 700. The van der Waals surface area contributed by atoms with Crippen LogP contribution in [0.4, 0.5) is 0 Å². The zero-order valence-electron chi connectivity index (χ0n) is 14.8. The van der Waals surface area contributed by atoms with Gasteiger partial charge in [0.15, 0.2) is 0 Å². The summed E-state index contributed by atoms with van der Waals surface area (Å²) >= 11 is 0. The summed E-state index contributed by atoms with van der Waals surface area (Å²) in [6, 6.07) is 4.73. The van der Waals surface area contributed by atoms with Crippen LogP contribution in [0.2, 0.25) is 0 Å². The minimum Gasteiger partial charge on any atom is -0.478 e. The zero-order valence-corrected chi connectivity index (χ0v) is 14.8. The SMILES string of the molecule is NC(=O)C1CCCN1C(=O)[C@@H]1CCCN1.O=C(O)c1cccc(C(=O)O)c1. The fraction of sp³-hybridized carbons (Fsp3) is 0.444. The molecule has 0 bridgehead atoms. The van der Waals surface area contributed by atoms with Gasteiger partial charge in [0.1, 0.15) is 6.04 Å². The lowest BCUT2D eigenvalue weighted by Crippen LogP contribution is -2.49. The van der Waals surface area contributed by atoms with Crippen LogP contribution in [-0.2, 0) is 9.59 Å². The molecule has 2 atom stereocenters. The van der Waals surface area contributed by atoms with Crippen LogP contribution in [0.3, 0.4) is 0 Å². The predicted molar refractivity (Wildman–Crippen MR) is 95.3 cm³/mol. The molecule has 1 aromatic carbocycles. The third-order valence-electron chi connectivity index (χ3n) is 4.58. The Morgan fingerprint density at radius 1 is 1.04 bits per heavy atom. The number of nitrogens with two attached hydrogens (primary N) is 1. The van der Waals surface area contributed by atoms with Gasteiger partial charge in [-0.25, -0.2) is 9.59 Å². The van der Waals surface area contributed by atoms with E-state index >= 15 is 0 Å². The number of primary amides is 1. The molecular weight excluding hydrogens is 354 g/mol. The number of carbonyl (C=O) groups is 4. The summed E-state index contributed by atoms with van der Waals surface area (Å²) < 4.78 is 0. The first kappa shape index (κ1) is 20.4. The highest BCUT2D eigenvalue weighted by molar-refractivity contribution is 5.93. The summed E-state index contributed by atoms with van der Waals surface area (Å²) in [4.78, 5) is 45.6. The Hall–Kier alpha value is -2.94. The van der Waals surface area contributed by atoms with Gasteiger partial charge in [-0.05, 0) is 50.4 Å². The normalized spacial score (nSPS) is 21.3. The van der Waals surface area contributed by atoms with Crippen LogP contribution in [0, 0.1) is 0 Å². The van der Waals surface area contributed by atoms with Gasteiger partial charge in [0.2, 0.25) is 11.8 Å². The quantitative estimate of drug-likeness (QED) is 0.589. The van der Waals surface area contributed by atoms with E-state index in [0.29, 0.717) is 13.0 Å². The highest BCUT2D eigenvalue weighted by Crippen LogP contribution is 2.20. The van der Waals surface area contributed by atoms with Gasteiger partial charge in [0.05, 0.1) is 17.2 Å². The maximum atomic E-state index is 12.0. The average Bonchev–Trinajstić information content (AvgIpc) is 3.33. The number of aromatic carboxylic acids is 2. The van der Waals surface area contributed by atoms with Crippen molar-refractivity contribution in [3.8, 4) is 0 Å². The molecule has 2 fully saturated rings. The minimum absolute atomic E-state index is 0.0186. The lowest BCUT2D eigenvalue weighted by atomic mass is 10.1. The van der Waals surface area contributed by atoms with Crippen molar-refractivity contribution in [1.29, 1.82) is 0 Å². The maximum Gasteiger partial charge on any atom is 0.335 e. The smallest absolute Gasteiger partial charge is 0.335 e. The van der Waals surface area contributed by atoms with Crippen LogP contribution in [-0.4, -0.2) is 64.0 Å². The Balaban J connectivity index is 0.000000199. The van der Waals surface area contributed by atoms with Crippen LogP contribution in [0.1, 0.15) is 46.4 Å². The molecule has 2 aliphatic heterocycles. The number of nitrogens with one attached hydrogen (secondary N) is 1. The fourth-order valence-corrected chi connectivity index (χ4v) is 3.21. The minimum atomic E-state index is -1.13. The molecule has 2 heterocycles. The molecule has 146 valence electrons. The summed E-state index contributed by atoms with van der Waals surface area (Å²) in [7, 11) is 0. The molecule has 0 aliphatic carbocycles. The van der Waals surface area contributed by atoms with Gasteiger partial charge < -0.3 is 26.2 Å². The molecule has 0 radical (unpaired) electrons. The van der Waals surface area contributed by atoms with E-state index in [-0.39, 0.29) is 35.0 Å². The summed E-state index contributed by atoms with van der Waals surface area (Å²) in [6.45, 7) is 1.57. The number of likely N-dealkylation sites (tertiary alicyclic amines) is 1. The van der Waals surface area contributed by atoms with Crippen LogP contribution in [0.15, 0.2) is 24.3 Å². The third kappa shape index (κ3) is 5.27. The van der Waals surface area contributed by atoms with Gasteiger partial charge in [0.25, 0.3) is 0 Å². The number of hydrogen-bond donors (Lipinski definition) is 4. The largest absolute Gasteiger partial charge is 0.478 e. The summed E-state index contributed by atoms with van der Waals surface area (Å²) in [5.74, 6) is -2.58. The molecule has 1 aromatic rings. The first-order valence-electron chi connectivity index (χ1n) is 8.71. The number of nitrogens with zero attached hydrogens (tertiary/aromatic N) is 1. The molecule has 1 unspecified atom stereocenters. The van der Waals surface area contributed by atoms with Crippen molar-refractivity contribution in [2.45, 2.75) is 37.8 Å². The molecule has 5 N–H and O–H groups in total. The number of rotatable bonds is 4. The molecule has 0 aromatic heterocycles. The second-order valence-electron chi connectivity index (χ2n) is 6.43. The lowest BCUT2D eigenvalue weighted by molar-refractivity contribution is -0.138. The molecule has 2 aliphatic rings. The summed E-state index contributed by atoms with van der Waals surface area (Å²) in [5.41, 5.74) is 5.23. The maximum absolute atomic E-state index is 12.0. The second-order valence-corrected chi connectivity index (χ2v) is 6.43. The van der Waals surface area contributed by atoms with Crippen molar-refractivity contribution in [3.63, 3.8) is 0 Å². The van der Waals surface area contributed by atoms with Gasteiger partial charge in [-0.1, -0.05) is 6.07 Å². The lowest BCUT2D eigenvalue weighted by Gasteiger charge is -2.25. The second kappa shape index (κ2) is 9.13. The van der Waals surface area contributed by atoms with Crippen LogP contribution < -0.4 is 11.1 Å². The number of carboxylic acid groups (broad SMARTS) is 2. The van der Waals surface area contributed by atoms with E-state index in [1.54, 1.807) is 4.90 Å². The first-order chi connectivity index (χ1) is 12.8. The molecule has 2 saturated heterocycles. The number of carbonyl (C=O) groups excluding carboxylic acids is 2. The molecule has 27 heavy (non-hydrogen) atoms. The number of carboxylic acids is 2. The van der Waals surface area contributed by atoms with Gasteiger partial charge in [-0.3, -0.25) is 9.59 Å². The molecule has 9 heteroatoms. The van der Waals surface area contributed by atoms with Gasteiger partial charge >= 0.3 is 11.9 Å². The molecule has 0 saturated carbocycles. The average molecular weight is 377 g/mol. The molecule has 0 spiro atoms. The molecule has 2 amide bonds. The Morgan fingerprint density at radius 2 is 1.67 bits per heavy atom. The van der Waals surface area contributed by atoms with Crippen LogP contribution in [0.5, 0.6) is 0 Å². The van der Waals surface area contributed by atoms with E-state index in [0.717, 1.165) is 31.9 Å². The van der Waals surface area contributed by atoms with Crippen LogP contribution in [0.25, 0.3) is 0 Å². The standard InChI is InChI=1S/C10H17N3O2.C8H6O4/c11-9(14)8-4-2-6-13(8)10(15)7-3-1-5-12-7;9-7(10)5-2-1-3-6(4-5)8(11)12/h7-8,12H,1-6H2,(H2,11,14);1-4H,(H,9,10)(H,11,12)/t7-,8?;/m0./s1. The van der Waals surface area contributed by atoms with Gasteiger partial charge in [0, 0.05) is 6.54 Å². The molecular formula is C18H23N3O6. The van der Waals surface area contributed by atoms with Gasteiger partial charge in [-0.15, -0.1) is 0 Å². The molecule has 3 rings (SSSR count). The van der Waals surface area contributed by atoms with E-state index in [4.69, 9.17) is 15.9 Å². The van der Waals surface area contributed by atoms with E-state index < -0.39 is 11.9 Å². The van der Waals surface area contributed by atoms with Crippen molar-refractivity contribution in [2.75, 3.05) is 13.1 Å². The topological polar surface area (TPSA) is 150 Å². The first-order valence-corrected chi connectivity index (χ1v) is 8.71. The highest BCUT2D eigenvalue weighted by atomic mass is 16.4. The Morgan fingerprint density at radius 3 is 2.15 bits per heavy atom. The molecule has 9 nitrogen and oxygen atoms in total. The summed E-state index contributed by atoms with van der Waals surface area (Å²) in [6.07, 6.45) is 3.51.